The lowest BCUT2D eigenvalue weighted by molar-refractivity contribution is -0.128. The fraction of sp³-hybridized carbons (Fsp3) is 0.909. The van der Waals surface area contributed by atoms with E-state index in [2.05, 4.69) is 5.32 Å². The van der Waals surface area contributed by atoms with Gasteiger partial charge in [0.2, 0.25) is 5.91 Å². The van der Waals surface area contributed by atoms with Crippen molar-refractivity contribution in [1.82, 2.24) is 10.2 Å². The molecule has 0 saturated carbocycles. The molecule has 0 radical (unpaired) electrons. The fourth-order valence-corrected chi connectivity index (χ4v) is 1.46. The number of carbonyl (C=O) groups is 1. The van der Waals surface area contributed by atoms with Crippen LogP contribution >= 0.6 is 0 Å². The molecule has 0 aliphatic carbocycles. The molecule has 5 heteroatoms. The lowest BCUT2D eigenvalue weighted by Crippen LogP contribution is -2.33. The van der Waals surface area contributed by atoms with Crippen LogP contribution in [0.2, 0.25) is 0 Å². The van der Waals surface area contributed by atoms with E-state index in [1.807, 2.05) is 4.90 Å². The average Bonchev–Trinajstić information content (AvgIpc) is 2.26. The normalized spacial score (nSPS) is 10.4. The van der Waals surface area contributed by atoms with E-state index in [1.54, 1.807) is 6.92 Å². The first-order chi connectivity index (χ1) is 7.72. The molecule has 0 bridgehead atoms. The van der Waals surface area contributed by atoms with E-state index in [4.69, 9.17) is 11.5 Å². The van der Waals surface area contributed by atoms with Gasteiger partial charge in [0.05, 0.1) is 0 Å². The Hall–Kier alpha value is -0.650. The third kappa shape index (κ3) is 8.64. The summed E-state index contributed by atoms with van der Waals surface area (Å²) in [5, 5.41) is 3.29. The van der Waals surface area contributed by atoms with E-state index < -0.39 is 0 Å². The molecule has 0 aliphatic heterocycles. The molecule has 0 heterocycles. The van der Waals surface area contributed by atoms with Crippen molar-refractivity contribution in [2.75, 3.05) is 39.3 Å². The molecule has 0 aromatic carbocycles. The van der Waals surface area contributed by atoms with Gasteiger partial charge in [0.1, 0.15) is 0 Å². The Labute approximate surface area is 98.5 Å². The highest BCUT2D eigenvalue weighted by Gasteiger charge is 2.06. The summed E-state index contributed by atoms with van der Waals surface area (Å²) in [5.41, 5.74) is 10.8. The van der Waals surface area contributed by atoms with Crippen molar-refractivity contribution in [1.29, 1.82) is 0 Å². The van der Waals surface area contributed by atoms with E-state index in [-0.39, 0.29) is 5.91 Å². The molecule has 5 nitrogen and oxygen atoms in total. The Balaban J connectivity index is 3.48. The second kappa shape index (κ2) is 10.9. The molecule has 0 aliphatic rings. The second-order valence-electron chi connectivity index (χ2n) is 3.89. The first-order valence-corrected chi connectivity index (χ1v) is 6.08. The van der Waals surface area contributed by atoms with Crippen molar-refractivity contribution in [3.63, 3.8) is 0 Å². The lowest BCUT2D eigenvalue weighted by atomic mass is 10.3. The van der Waals surface area contributed by atoms with E-state index in [0.29, 0.717) is 6.54 Å². The molecular formula is C11H26N4O. The molecule has 16 heavy (non-hydrogen) atoms. The molecule has 1 amide bonds. The summed E-state index contributed by atoms with van der Waals surface area (Å²) < 4.78 is 0. The van der Waals surface area contributed by atoms with Gasteiger partial charge in [-0.3, -0.25) is 4.79 Å². The summed E-state index contributed by atoms with van der Waals surface area (Å²) in [4.78, 5) is 13.1. The number of carbonyl (C=O) groups excluding carboxylic acids is 1. The van der Waals surface area contributed by atoms with Gasteiger partial charge in [0, 0.05) is 20.0 Å². The molecule has 0 atom stereocenters. The summed E-state index contributed by atoms with van der Waals surface area (Å²) in [5.74, 6) is 0.135. The number of rotatable bonds is 10. The monoisotopic (exact) mass is 230 g/mol. The van der Waals surface area contributed by atoms with Gasteiger partial charge < -0.3 is 21.7 Å². The van der Waals surface area contributed by atoms with Gasteiger partial charge in [-0.2, -0.15) is 0 Å². The highest BCUT2D eigenvalue weighted by atomic mass is 16.2. The highest BCUT2D eigenvalue weighted by molar-refractivity contribution is 5.73. The SMILES string of the molecule is CC(=O)N(CCCN)CCCNCCCN. The van der Waals surface area contributed by atoms with Crippen molar-refractivity contribution in [3.8, 4) is 0 Å². The summed E-state index contributed by atoms with van der Waals surface area (Å²) in [6.07, 6.45) is 2.86. The van der Waals surface area contributed by atoms with Crippen LogP contribution < -0.4 is 16.8 Å². The smallest absolute Gasteiger partial charge is 0.219 e. The minimum atomic E-state index is 0.135. The Morgan fingerprint density at radius 2 is 1.62 bits per heavy atom. The fourth-order valence-electron chi connectivity index (χ4n) is 1.46. The third-order valence-corrected chi connectivity index (χ3v) is 2.42. The number of nitrogens with zero attached hydrogens (tertiary/aromatic N) is 1. The summed E-state index contributed by atoms with van der Waals surface area (Å²) in [6.45, 7) is 6.45. The molecule has 96 valence electrons. The van der Waals surface area contributed by atoms with Gasteiger partial charge in [-0.15, -0.1) is 0 Å². The Bertz CT molecular complexity index is 175. The molecule has 0 saturated heterocycles. The van der Waals surface area contributed by atoms with Gasteiger partial charge in [0.25, 0.3) is 0 Å². The van der Waals surface area contributed by atoms with Crippen LogP contribution in [0.15, 0.2) is 0 Å². The summed E-state index contributed by atoms with van der Waals surface area (Å²) >= 11 is 0. The standard InChI is InChI=1S/C11H26N4O/c1-11(16)15(9-3-6-13)10-4-8-14-7-2-5-12/h14H,2-10,12-13H2,1H3. The minimum Gasteiger partial charge on any atom is -0.343 e. The number of hydrogen-bond donors (Lipinski definition) is 3. The molecule has 0 fully saturated rings. The van der Waals surface area contributed by atoms with Crippen LogP contribution in [0, 0.1) is 0 Å². The number of nitrogens with one attached hydrogen (secondary N) is 1. The van der Waals surface area contributed by atoms with Crippen LogP contribution in [-0.4, -0.2) is 50.1 Å². The van der Waals surface area contributed by atoms with Crippen LogP contribution in [-0.2, 0) is 4.79 Å². The largest absolute Gasteiger partial charge is 0.343 e. The van der Waals surface area contributed by atoms with Gasteiger partial charge in [-0.05, 0) is 45.4 Å². The number of hydrogen-bond acceptors (Lipinski definition) is 4. The van der Waals surface area contributed by atoms with Crippen LogP contribution in [0.25, 0.3) is 0 Å². The van der Waals surface area contributed by atoms with Gasteiger partial charge in [0.15, 0.2) is 0 Å². The van der Waals surface area contributed by atoms with E-state index in [0.717, 1.165) is 52.0 Å². The van der Waals surface area contributed by atoms with Crippen molar-refractivity contribution in [2.45, 2.75) is 26.2 Å². The third-order valence-electron chi connectivity index (χ3n) is 2.42. The van der Waals surface area contributed by atoms with E-state index >= 15 is 0 Å². The number of amides is 1. The van der Waals surface area contributed by atoms with Gasteiger partial charge in [-0.1, -0.05) is 0 Å². The Kier molecular flexibility index (Phi) is 10.4. The Morgan fingerprint density at radius 3 is 2.19 bits per heavy atom. The Morgan fingerprint density at radius 1 is 1.06 bits per heavy atom. The van der Waals surface area contributed by atoms with Crippen LogP contribution in [0.1, 0.15) is 26.2 Å². The zero-order valence-corrected chi connectivity index (χ0v) is 10.4. The zero-order chi connectivity index (χ0) is 12.2. The maximum absolute atomic E-state index is 11.3. The maximum atomic E-state index is 11.3. The van der Waals surface area contributed by atoms with E-state index in [9.17, 15) is 4.79 Å². The van der Waals surface area contributed by atoms with Gasteiger partial charge >= 0.3 is 0 Å². The van der Waals surface area contributed by atoms with Crippen LogP contribution in [0.4, 0.5) is 0 Å². The first-order valence-electron chi connectivity index (χ1n) is 6.08. The molecule has 0 rings (SSSR count). The van der Waals surface area contributed by atoms with Crippen molar-refractivity contribution in [2.24, 2.45) is 11.5 Å². The molecule has 0 aromatic heterocycles. The number of nitrogens with two attached hydrogens (primary N) is 2. The highest BCUT2D eigenvalue weighted by Crippen LogP contribution is 1.94. The first kappa shape index (κ1) is 15.3. The predicted octanol–water partition coefficient (Wildman–Crippen LogP) is -0.488. The minimum absolute atomic E-state index is 0.135. The van der Waals surface area contributed by atoms with E-state index in [1.165, 1.54) is 0 Å². The molecule has 0 aromatic rings. The quantitative estimate of drug-likeness (QED) is 0.442. The summed E-state index contributed by atoms with van der Waals surface area (Å²) in [6, 6.07) is 0. The van der Waals surface area contributed by atoms with Gasteiger partial charge in [-0.25, -0.2) is 0 Å². The molecule has 0 spiro atoms. The zero-order valence-electron chi connectivity index (χ0n) is 10.4. The molecule has 0 unspecified atom stereocenters. The van der Waals surface area contributed by atoms with Crippen molar-refractivity contribution in [3.05, 3.63) is 0 Å². The molecule has 5 N–H and O–H groups in total. The van der Waals surface area contributed by atoms with Crippen LogP contribution in [0.5, 0.6) is 0 Å². The maximum Gasteiger partial charge on any atom is 0.219 e. The van der Waals surface area contributed by atoms with Crippen LogP contribution in [0.3, 0.4) is 0 Å². The summed E-state index contributed by atoms with van der Waals surface area (Å²) in [7, 11) is 0. The molecular weight excluding hydrogens is 204 g/mol. The lowest BCUT2D eigenvalue weighted by Gasteiger charge is -2.20. The second-order valence-corrected chi connectivity index (χ2v) is 3.89. The predicted molar refractivity (Wildman–Crippen MR) is 67.1 cm³/mol. The topological polar surface area (TPSA) is 84.4 Å². The van der Waals surface area contributed by atoms with Crippen molar-refractivity contribution >= 4 is 5.91 Å². The average molecular weight is 230 g/mol. The van der Waals surface area contributed by atoms with Crippen molar-refractivity contribution < 1.29 is 4.79 Å².